The maximum atomic E-state index is 11.6. The molecule has 4 rings (SSSR count). The standard InChI is InChI=1S/C19H16N6OS/c1-27(26)15-4-2-13(3-5-15)17(6-8-20)25-11-14(10-24-25)18-16-7-9-21-19(16)23-12-22-18/h2-5,7,9-12,17H,6H2,1H3,(H,21,22,23). The second-order valence-electron chi connectivity index (χ2n) is 6.07. The number of benzene rings is 1. The van der Waals surface area contributed by atoms with E-state index in [0.717, 1.165) is 32.7 Å². The molecule has 0 aliphatic carbocycles. The Morgan fingerprint density at radius 2 is 2.07 bits per heavy atom. The van der Waals surface area contributed by atoms with E-state index in [4.69, 9.17) is 0 Å². The number of hydrogen-bond acceptors (Lipinski definition) is 5. The van der Waals surface area contributed by atoms with E-state index in [2.05, 4.69) is 26.1 Å². The van der Waals surface area contributed by atoms with Crippen LogP contribution in [-0.4, -0.2) is 35.5 Å². The number of nitrogens with zero attached hydrogens (tertiary/aromatic N) is 5. The van der Waals surface area contributed by atoms with Gasteiger partial charge < -0.3 is 9.54 Å². The normalized spacial score (nSPS) is 13.4. The highest BCUT2D eigenvalue weighted by Crippen LogP contribution is 2.28. The summed E-state index contributed by atoms with van der Waals surface area (Å²) in [5.74, 6) is 0. The van der Waals surface area contributed by atoms with Crippen LogP contribution in [0.2, 0.25) is 0 Å². The molecule has 1 N–H and O–H groups in total. The monoisotopic (exact) mass is 376 g/mol. The average molecular weight is 376 g/mol. The SMILES string of the molecule is C[S+]([O-])c1ccc(C(CC#N)n2cc(-c3ncnc4[nH]ccc34)cn2)cc1. The van der Waals surface area contributed by atoms with Crippen molar-refractivity contribution in [3.8, 4) is 17.3 Å². The molecule has 2 unspecified atom stereocenters. The number of aromatic amines is 1. The van der Waals surface area contributed by atoms with Crippen LogP contribution in [-0.2, 0) is 11.2 Å². The highest BCUT2D eigenvalue weighted by Gasteiger charge is 2.18. The van der Waals surface area contributed by atoms with Crippen molar-refractivity contribution in [3.63, 3.8) is 0 Å². The van der Waals surface area contributed by atoms with E-state index in [-0.39, 0.29) is 12.5 Å². The van der Waals surface area contributed by atoms with Crippen LogP contribution in [0.25, 0.3) is 22.3 Å². The summed E-state index contributed by atoms with van der Waals surface area (Å²) in [6.07, 6.45) is 8.90. The van der Waals surface area contributed by atoms with E-state index in [1.807, 2.05) is 42.7 Å². The zero-order valence-electron chi connectivity index (χ0n) is 14.5. The van der Waals surface area contributed by atoms with Crippen LogP contribution in [0.1, 0.15) is 18.0 Å². The molecule has 0 aliphatic heterocycles. The summed E-state index contributed by atoms with van der Waals surface area (Å²) >= 11 is -1.03. The van der Waals surface area contributed by atoms with Gasteiger partial charge in [-0.1, -0.05) is 12.1 Å². The molecule has 0 amide bonds. The first-order valence-corrected chi connectivity index (χ1v) is 9.86. The van der Waals surface area contributed by atoms with Gasteiger partial charge in [-0.15, -0.1) is 0 Å². The predicted octanol–water partition coefficient (Wildman–Crippen LogP) is 3.06. The lowest BCUT2D eigenvalue weighted by atomic mass is 10.0. The number of nitriles is 1. The first-order chi connectivity index (χ1) is 13.2. The Labute approximate surface area is 158 Å². The van der Waals surface area contributed by atoms with Crippen molar-refractivity contribution in [2.45, 2.75) is 17.4 Å². The summed E-state index contributed by atoms with van der Waals surface area (Å²) in [6, 6.07) is 11.4. The van der Waals surface area contributed by atoms with E-state index >= 15 is 0 Å². The zero-order valence-corrected chi connectivity index (χ0v) is 15.3. The minimum Gasteiger partial charge on any atom is -0.612 e. The van der Waals surface area contributed by atoms with Crippen LogP contribution in [0.15, 0.2) is 60.1 Å². The first-order valence-electron chi connectivity index (χ1n) is 8.30. The highest BCUT2D eigenvalue weighted by atomic mass is 32.2. The molecule has 3 aromatic heterocycles. The molecule has 8 heteroatoms. The van der Waals surface area contributed by atoms with Crippen LogP contribution in [0.4, 0.5) is 0 Å². The molecule has 7 nitrogen and oxygen atoms in total. The fraction of sp³-hybridized carbons (Fsp3) is 0.158. The van der Waals surface area contributed by atoms with Crippen LogP contribution >= 0.6 is 0 Å². The first kappa shape index (κ1) is 17.3. The third kappa shape index (κ3) is 3.30. The highest BCUT2D eigenvalue weighted by molar-refractivity contribution is 7.90. The second-order valence-corrected chi connectivity index (χ2v) is 7.45. The van der Waals surface area contributed by atoms with Gasteiger partial charge in [0.05, 0.1) is 30.4 Å². The number of aromatic nitrogens is 5. The van der Waals surface area contributed by atoms with Gasteiger partial charge in [0, 0.05) is 23.3 Å². The Morgan fingerprint density at radius 1 is 1.26 bits per heavy atom. The molecule has 0 saturated carbocycles. The molecule has 0 bridgehead atoms. The van der Waals surface area contributed by atoms with Gasteiger partial charge in [0.2, 0.25) is 0 Å². The van der Waals surface area contributed by atoms with E-state index in [9.17, 15) is 9.81 Å². The maximum Gasteiger partial charge on any atom is 0.152 e. The van der Waals surface area contributed by atoms with Gasteiger partial charge >= 0.3 is 0 Å². The quantitative estimate of drug-likeness (QED) is 0.539. The lowest BCUT2D eigenvalue weighted by Gasteiger charge is -2.15. The Balaban J connectivity index is 1.71. The molecule has 2 atom stereocenters. The summed E-state index contributed by atoms with van der Waals surface area (Å²) in [6.45, 7) is 0. The number of hydrogen-bond donors (Lipinski definition) is 1. The number of nitrogens with one attached hydrogen (secondary N) is 1. The van der Waals surface area contributed by atoms with E-state index in [1.54, 1.807) is 17.1 Å². The average Bonchev–Trinajstić information content (AvgIpc) is 3.35. The number of H-pyrrole nitrogens is 1. The van der Waals surface area contributed by atoms with Crippen LogP contribution in [0.5, 0.6) is 0 Å². The van der Waals surface area contributed by atoms with E-state index < -0.39 is 11.2 Å². The molecule has 0 spiro atoms. The summed E-state index contributed by atoms with van der Waals surface area (Å²) in [7, 11) is 0. The van der Waals surface area contributed by atoms with Crippen LogP contribution in [0, 0.1) is 11.3 Å². The van der Waals surface area contributed by atoms with Gasteiger partial charge in [-0.2, -0.15) is 10.4 Å². The van der Waals surface area contributed by atoms with Gasteiger partial charge in [0.1, 0.15) is 18.2 Å². The van der Waals surface area contributed by atoms with Crippen molar-refractivity contribution in [3.05, 3.63) is 60.8 Å². The summed E-state index contributed by atoms with van der Waals surface area (Å²) in [5, 5.41) is 14.7. The summed E-state index contributed by atoms with van der Waals surface area (Å²) in [4.78, 5) is 12.4. The van der Waals surface area contributed by atoms with Crippen molar-refractivity contribution in [2.75, 3.05) is 6.26 Å². The van der Waals surface area contributed by atoms with E-state index in [0.29, 0.717) is 0 Å². The Kier molecular flexibility index (Phi) is 4.62. The van der Waals surface area contributed by atoms with Gasteiger partial charge in [-0.25, -0.2) is 9.97 Å². The van der Waals surface area contributed by atoms with Gasteiger partial charge in [-0.05, 0) is 34.9 Å². The summed E-state index contributed by atoms with van der Waals surface area (Å²) < 4.78 is 13.4. The third-order valence-corrected chi connectivity index (χ3v) is 5.37. The fourth-order valence-corrected chi connectivity index (χ4v) is 3.58. The maximum absolute atomic E-state index is 11.6. The Morgan fingerprint density at radius 3 is 2.81 bits per heavy atom. The minimum atomic E-state index is -1.03. The zero-order chi connectivity index (χ0) is 18.8. The molecular formula is C19H16N6OS. The van der Waals surface area contributed by atoms with Crippen LogP contribution in [0.3, 0.4) is 0 Å². The van der Waals surface area contributed by atoms with Crippen molar-refractivity contribution in [1.82, 2.24) is 24.7 Å². The molecule has 27 heavy (non-hydrogen) atoms. The number of rotatable bonds is 5. The number of fused-ring (bicyclic) bond motifs is 1. The van der Waals surface area contributed by atoms with Gasteiger partial charge in [0.15, 0.2) is 4.90 Å². The summed E-state index contributed by atoms with van der Waals surface area (Å²) in [5.41, 5.74) is 3.36. The lowest BCUT2D eigenvalue weighted by Crippen LogP contribution is -2.11. The molecule has 0 saturated heterocycles. The lowest BCUT2D eigenvalue weighted by molar-refractivity contribution is 0.532. The van der Waals surface area contributed by atoms with Gasteiger partial charge in [-0.3, -0.25) is 4.68 Å². The molecule has 0 radical (unpaired) electrons. The fourth-order valence-electron chi connectivity index (χ4n) is 3.07. The minimum absolute atomic E-state index is 0.230. The van der Waals surface area contributed by atoms with E-state index in [1.165, 1.54) is 6.33 Å². The molecule has 1 aromatic carbocycles. The van der Waals surface area contributed by atoms with Crippen molar-refractivity contribution < 1.29 is 4.55 Å². The van der Waals surface area contributed by atoms with Crippen molar-refractivity contribution in [1.29, 1.82) is 5.26 Å². The topological polar surface area (TPSA) is 106 Å². The Bertz CT molecular complexity index is 1110. The largest absolute Gasteiger partial charge is 0.612 e. The molecule has 134 valence electrons. The van der Waals surface area contributed by atoms with Crippen molar-refractivity contribution >= 4 is 22.2 Å². The molecule has 4 aromatic rings. The van der Waals surface area contributed by atoms with Crippen LogP contribution < -0.4 is 0 Å². The predicted molar refractivity (Wildman–Crippen MR) is 102 cm³/mol. The molecule has 0 aliphatic rings. The third-order valence-electron chi connectivity index (χ3n) is 4.43. The molecule has 3 heterocycles. The van der Waals surface area contributed by atoms with Crippen molar-refractivity contribution in [2.24, 2.45) is 0 Å². The molecular weight excluding hydrogens is 360 g/mol. The van der Waals surface area contributed by atoms with Gasteiger partial charge in [0.25, 0.3) is 0 Å². The Hall–Kier alpha value is -3.15. The molecule has 0 fully saturated rings. The second kappa shape index (κ2) is 7.23. The smallest absolute Gasteiger partial charge is 0.152 e.